The van der Waals surface area contributed by atoms with Crippen LogP contribution < -0.4 is 0 Å². The van der Waals surface area contributed by atoms with Crippen molar-refractivity contribution in [1.82, 2.24) is 0 Å². The molecule has 0 nitrogen and oxygen atoms in total. The van der Waals surface area contributed by atoms with Gasteiger partial charge in [0, 0.05) is 0 Å². The first kappa shape index (κ1) is 14.3. The van der Waals surface area contributed by atoms with Gasteiger partial charge in [-0.3, -0.25) is 0 Å². The first-order valence-electron chi connectivity index (χ1n) is 6.34. The Morgan fingerprint density at radius 2 is 1.60 bits per heavy atom. The van der Waals surface area contributed by atoms with Crippen LogP contribution in [0.1, 0.15) is 5.56 Å². The molecule has 0 N–H and O–H groups in total. The molecule has 3 heteroatoms. The fourth-order valence-corrected chi connectivity index (χ4v) is 6.47. The molecule has 0 fully saturated rings. The van der Waals surface area contributed by atoms with Gasteiger partial charge in [-0.1, -0.05) is 0 Å². The Morgan fingerprint density at radius 1 is 0.850 bits per heavy atom. The fourth-order valence-electron chi connectivity index (χ4n) is 1.89. The predicted octanol–water partition coefficient (Wildman–Crippen LogP) is 5.36. The van der Waals surface area contributed by atoms with E-state index in [4.69, 9.17) is 11.6 Å². The molecule has 0 saturated carbocycles. The minimum absolute atomic E-state index is 0.206. The molecule has 0 amide bonds. The van der Waals surface area contributed by atoms with E-state index < -0.39 is 0 Å². The van der Waals surface area contributed by atoms with Crippen molar-refractivity contribution in [2.75, 3.05) is 0 Å². The number of thioether (sulfide) groups is 1. The van der Waals surface area contributed by atoms with Crippen LogP contribution in [0.5, 0.6) is 0 Å². The summed E-state index contributed by atoms with van der Waals surface area (Å²) in [5, 5.41) is 0.806. The van der Waals surface area contributed by atoms with Crippen LogP contribution in [0.25, 0.3) is 9.14 Å². The molecule has 0 radical (unpaired) electrons. The van der Waals surface area contributed by atoms with Gasteiger partial charge in [-0.05, 0) is 0 Å². The second kappa shape index (κ2) is 6.87. The van der Waals surface area contributed by atoms with Crippen LogP contribution in [0.15, 0.2) is 69.6 Å². The zero-order valence-corrected chi connectivity index (χ0v) is 14.7. The average Bonchev–Trinajstić information content (AvgIpc) is 2.97. The predicted molar refractivity (Wildman–Crippen MR) is 89.8 cm³/mol. The molecule has 0 bridgehead atoms. The Hall–Kier alpha value is -0.650. The van der Waals surface area contributed by atoms with E-state index >= 15 is 0 Å². The van der Waals surface area contributed by atoms with Crippen molar-refractivity contribution >= 4 is 43.8 Å². The summed E-state index contributed by atoms with van der Waals surface area (Å²) in [6, 6.07) is 23.4. The van der Waals surface area contributed by atoms with Crippen LogP contribution in [0, 0.1) is 0 Å². The van der Waals surface area contributed by atoms with Crippen molar-refractivity contribution in [2.24, 2.45) is 0 Å². The van der Waals surface area contributed by atoms with Gasteiger partial charge < -0.3 is 0 Å². The molecule has 0 aliphatic carbocycles. The van der Waals surface area contributed by atoms with Gasteiger partial charge in [0.05, 0.1) is 0 Å². The van der Waals surface area contributed by atoms with Crippen LogP contribution in [0.4, 0.5) is 0 Å². The van der Waals surface area contributed by atoms with Gasteiger partial charge in [0.25, 0.3) is 0 Å². The molecule has 3 rings (SSSR count). The van der Waals surface area contributed by atoms with Gasteiger partial charge >= 0.3 is 139 Å². The van der Waals surface area contributed by atoms with Gasteiger partial charge in [0.1, 0.15) is 0 Å². The van der Waals surface area contributed by atoms with Gasteiger partial charge in [0.15, 0.2) is 0 Å². The van der Waals surface area contributed by atoms with Crippen LogP contribution in [-0.2, 0) is 5.75 Å². The van der Waals surface area contributed by atoms with Gasteiger partial charge in [0.2, 0.25) is 0 Å². The Kier molecular flexibility index (Phi) is 4.91. The number of hydrogen-bond donors (Lipinski definition) is 0. The second-order valence-electron chi connectivity index (χ2n) is 4.40. The number of hydrogen-bond acceptors (Lipinski definition) is 1. The van der Waals surface area contributed by atoms with Crippen LogP contribution >= 0.6 is 23.4 Å². The summed E-state index contributed by atoms with van der Waals surface area (Å²) in [6.45, 7) is 0. The number of rotatable bonds is 4. The molecule has 0 saturated heterocycles. The zero-order valence-electron chi connectivity index (χ0n) is 10.8. The Bertz CT molecular complexity index is 674. The van der Waals surface area contributed by atoms with E-state index in [-0.39, 0.29) is 20.4 Å². The molecule has 3 aromatic rings. The van der Waals surface area contributed by atoms with E-state index in [0.717, 1.165) is 10.8 Å². The molecule has 0 unspecified atom stereocenters. The number of halogens is 1. The van der Waals surface area contributed by atoms with Gasteiger partial charge in [-0.15, -0.1) is 0 Å². The third-order valence-corrected chi connectivity index (χ3v) is 8.30. The van der Waals surface area contributed by atoms with E-state index in [0.29, 0.717) is 0 Å². The summed E-state index contributed by atoms with van der Waals surface area (Å²) in [5.41, 5.74) is 2.72. The molecular weight excluding hydrogens is 399 g/mol. The third kappa shape index (κ3) is 3.71. The van der Waals surface area contributed by atoms with E-state index in [1.165, 1.54) is 14.7 Å². The van der Waals surface area contributed by atoms with Crippen molar-refractivity contribution in [2.45, 2.75) is 8.66 Å². The monoisotopic (exact) mass is 414 g/mol. The Morgan fingerprint density at radius 3 is 2.35 bits per heavy atom. The Labute approximate surface area is 138 Å². The third-order valence-electron chi connectivity index (χ3n) is 2.93. The van der Waals surface area contributed by atoms with E-state index in [2.05, 4.69) is 54.6 Å². The van der Waals surface area contributed by atoms with Crippen molar-refractivity contribution in [1.29, 1.82) is 0 Å². The quantitative estimate of drug-likeness (QED) is 0.411. The first-order chi connectivity index (χ1) is 9.81. The average molecular weight is 412 g/mol. The molecule has 0 spiro atoms. The SMILES string of the molecule is Clc1ccc(CSc2ccc(-c3ccccc3)[te]2)cc1. The molecule has 1 heterocycles. The minimum atomic E-state index is -0.206. The first-order valence-corrected chi connectivity index (χ1v) is 10.0. The summed E-state index contributed by atoms with van der Waals surface area (Å²) < 4.78 is 3.10. The van der Waals surface area contributed by atoms with Crippen LogP contribution in [-0.4, -0.2) is 20.4 Å². The standard InChI is InChI=1S/C17H13ClSTe/c18-15-8-6-13(7-9-15)12-19-17-11-10-16(20-17)14-4-2-1-3-5-14/h1-11H,12H2. The van der Waals surface area contributed by atoms with Crippen LogP contribution in [0.3, 0.4) is 0 Å². The van der Waals surface area contributed by atoms with Gasteiger partial charge in [-0.25, -0.2) is 0 Å². The normalized spacial score (nSPS) is 10.7. The summed E-state index contributed by atoms with van der Waals surface area (Å²) in [5.74, 6) is 1.03. The summed E-state index contributed by atoms with van der Waals surface area (Å²) >= 11 is 7.66. The zero-order chi connectivity index (χ0) is 13.8. The molecule has 100 valence electrons. The molecule has 2 aromatic carbocycles. The summed E-state index contributed by atoms with van der Waals surface area (Å²) in [6.07, 6.45) is 0. The van der Waals surface area contributed by atoms with Crippen molar-refractivity contribution in [3.63, 3.8) is 0 Å². The van der Waals surface area contributed by atoms with Crippen molar-refractivity contribution < 1.29 is 0 Å². The van der Waals surface area contributed by atoms with E-state index in [9.17, 15) is 0 Å². The molecule has 1 aromatic heterocycles. The second-order valence-corrected chi connectivity index (χ2v) is 9.75. The Balaban J connectivity index is 1.67. The molecule has 20 heavy (non-hydrogen) atoms. The molecule has 0 aliphatic rings. The summed E-state index contributed by atoms with van der Waals surface area (Å²) in [4.78, 5) is 0. The summed E-state index contributed by atoms with van der Waals surface area (Å²) in [7, 11) is 0. The van der Waals surface area contributed by atoms with Crippen molar-refractivity contribution in [3.8, 4) is 9.14 Å². The maximum atomic E-state index is 5.91. The number of benzene rings is 2. The van der Waals surface area contributed by atoms with Gasteiger partial charge in [-0.2, -0.15) is 0 Å². The van der Waals surface area contributed by atoms with Crippen LogP contribution in [0.2, 0.25) is 5.02 Å². The molecular formula is C17H13ClSTe. The van der Waals surface area contributed by atoms with E-state index in [1.807, 2.05) is 23.9 Å². The molecule has 0 atom stereocenters. The fraction of sp³-hybridized carbons (Fsp3) is 0.0588. The van der Waals surface area contributed by atoms with Crippen molar-refractivity contribution in [3.05, 3.63) is 77.3 Å². The molecule has 0 aliphatic heterocycles. The maximum absolute atomic E-state index is 5.91. The topological polar surface area (TPSA) is 0 Å². The van der Waals surface area contributed by atoms with E-state index in [1.54, 1.807) is 2.91 Å².